The summed E-state index contributed by atoms with van der Waals surface area (Å²) < 4.78 is 24.7. The molecule has 2 amide bonds. The van der Waals surface area contributed by atoms with Crippen LogP contribution < -0.4 is 5.73 Å². The van der Waals surface area contributed by atoms with Crippen LogP contribution in [-0.2, 0) is 19.6 Å². The first kappa shape index (κ1) is 17.2. The second-order valence-corrected chi connectivity index (χ2v) is 8.40. The first-order chi connectivity index (χ1) is 10.3. The van der Waals surface area contributed by atoms with Gasteiger partial charge in [0.05, 0.1) is 12.2 Å². The van der Waals surface area contributed by atoms with Crippen LogP contribution >= 0.6 is 0 Å². The molecular weight excluding hydrogens is 306 g/mol. The Balaban J connectivity index is 2.05. The van der Waals surface area contributed by atoms with Gasteiger partial charge in [-0.05, 0) is 18.8 Å². The van der Waals surface area contributed by atoms with Gasteiger partial charge in [0.15, 0.2) is 0 Å². The van der Waals surface area contributed by atoms with Crippen LogP contribution in [0.25, 0.3) is 0 Å². The molecule has 0 aromatic heterocycles. The van der Waals surface area contributed by atoms with Crippen molar-refractivity contribution in [3.63, 3.8) is 0 Å². The zero-order chi connectivity index (χ0) is 16.3. The van der Waals surface area contributed by atoms with Crippen molar-refractivity contribution in [3.05, 3.63) is 0 Å². The van der Waals surface area contributed by atoms with Crippen molar-refractivity contribution in [2.24, 2.45) is 17.6 Å². The van der Waals surface area contributed by atoms with Gasteiger partial charge < -0.3 is 10.6 Å². The largest absolute Gasteiger partial charge is 0.369 e. The fourth-order valence-corrected chi connectivity index (χ4v) is 4.15. The molecule has 1 aliphatic carbocycles. The zero-order valence-corrected chi connectivity index (χ0v) is 13.8. The van der Waals surface area contributed by atoms with Gasteiger partial charge >= 0.3 is 0 Å². The highest BCUT2D eigenvalue weighted by Crippen LogP contribution is 2.28. The molecule has 0 unspecified atom stereocenters. The third-order valence-corrected chi connectivity index (χ3v) is 5.92. The first-order valence-corrected chi connectivity index (χ1v) is 9.64. The van der Waals surface area contributed by atoms with Crippen molar-refractivity contribution in [1.29, 1.82) is 0 Å². The fourth-order valence-electron chi connectivity index (χ4n) is 3.28. The lowest BCUT2D eigenvalue weighted by molar-refractivity contribution is -0.133. The Hall–Kier alpha value is -1.15. The molecule has 1 atom stereocenters. The van der Waals surface area contributed by atoms with Crippen LogP contribution in [-0.4, -0.2) is 61.9 Å². The average molecular weight is 331 g/mol. The molecular formula is C14H25N3O4S. The van der Waals surface area contributed by atoms with Gasteiger partial charge in [-0.15, -0.1) is 0 Å². The Labute approximate surface area is 131 Å². The van der Waals surface area contributed by atoms with Crippen molar-refractivity contribution < 1.29 is 18.0 Å². The van der Waals surface area contributed by atoms with E-state index in [1.54, 1.807) is 4.90 Å². The molecule has 2 fully saturated rings. The third kappa shape index (κ3) is 4.42. The predicted octanol–water partition coefficient (Wildman–Crippen LogP) is -0.228. The van der Waals surface area contributed by atoms with Crippen molar-refractivity contribution >= 4 is 21.8 Å². The Morgan fingerprint density at radius 2 is 1.77 bits per heavy atom. The molecule has 0 spiro atoms. The molecule has 22 heavy (non-hydrogen) atoms. The Morgan fingerprint density at radius 3 is 2.32 bits per heavy atom. The molecule has 126 valence electrons. The summed E-state index contributed by atoms with van der Waals surface area (Å²) in [4.78, 5) is 25.6. The van der Waals surface area contributed by atoms with E-state index in [1.165, 1.54) is 17.1 Å². The number of nitrogens with zero attached hydrogens (tertiary/aromatic N) is 2. The van der Waals surface area contributed by atoms with Crippen molar-refractivity contribution in [2.75, 3.05) is 32.4 Å². The van der Waals surface area contributed by atoms with Crippen molar-refractivity contribution in [2.45, 2.75) is 32.1 Å². The number of carbonyl (C=O) groups excluding carboxylic acids is 2. The molecule has 8 heteroatoms. The maximum atomic E-state index is 12.4. The standard InChI is InChI=1S/C14H25N3O4S/c1-22(20,21)17-7-6-16(9-12(10-17)14(15)19)13(18)8-11-4-2-3-5-11/h11-12H,2-10H2,1H3,(H2,15,19)/t12-/m1/s1. The van der Waals surface area contributed by atoms with E-state index in [0.717, 1.165) is 19.1 Å². The van der Waals surface area contributed by atoms with E-state index in [-0.39, 0.29) is 25.5 Å². The monoisotopic (exact) mass is 331 g/mol. The number of hydrogen-bond donors (Lipinski definition) is 1. The maximum absolute atomic E-state index is 12.4. The Morgan fingerprint density at radius 1 is 1.14 bits per heavy atom. The molecule has 1 saturated heterocycles. The normalized spacial score (nSPS) is 25.1. The van der Waals surface area contributed by atoms with E-state index in [1.807, 2.05) is 0 Å². The summed E-state index contributed by atoms with van der Waals surface area (Å²) in [5.74, 6) is -0.777. The van der Waals surface area contributed by atoms with Crippen LogP contribution in [0.4, 0.5) is 0 Å². The molecule has 7 nitrogen and oxygen atoms in total. The third-order valence-electron chi connectivity index (χ3n) is 4.65. The summed E-state index contributed by atoms with van der Waals surface area (Å²) in [6.07, 6.45) is 6.10. The molecule has 0 bridgehead atoms. The van der Waals surface area contributed by atoms with Gasteiger partial charge in [0.2, 0.25) is 21.8 Å². The molecule has 1 heterocycles. The lowest BCUT2D eigenvalue weighted by Crippen LogP contribution is -2.41. The molecule has 1 aliphatic heterocycles. The zero-order valence-electron chi connectivity index (χ0n) is 13.0. The lowest BCUT2D eigenvalue weighted by Gasteiger charge is -2.24. The number of nitrogens with two attached hydrogens (primary N) is 1. The smallest absolute Gasteiger partial charge is 0.223 e. The van der Waals surface area contributed by atoms with Crippen molar-refractivity contribution in [1.82, 2.24) is 9.21 Å². The van der Waals surface area contributed by atoms with E-state index >= 15 is 0 Å². The van der Waals surface area contributed by atoms with E-state index in [2.05, 4.69) is 0 Å². The number of sulfonamides is 1. The van der Waals surface area contributed by atoms with Gasteiger partial charge in [-0.25, -0.2) is 8.42 Å². The topological polar surface area (TPSA) is 101 Å². The number of amides is 2. The number of rotatable bonds is 4. The molecule has 1 saturated carbocycles. The summed E-state index contributed by atoms with van der Waals surface area (Å²) in [6.45, 7) is 0.815. The van der Waals surface area contributed by atoms with Crippen LogP contribution in [0.5, 0.6) is 0 Å². The highest BCUT2D eigenvalue weighted by molar-refractivity contribution is 7.88. The molecule has 2 rings (SSSR count). The van der Waals surface area contributed by atoms with Crippen LogP contribution in [0.3, 0.4) is 0 Å². The summed E-state index contributed by atoms with van der Waals surface area (Å²) in [5.41, 5.74) is 5.37. The van der Waals surface area contributed by atoms with Gasteiger partial charge in [-0.1, -0.05) is 12.8 Å². The van der Waals surface area contributed by atoms with E-state index in [4.69, 9.17) is 5.73 Å². The van der Waals surface area contributed by atoms with Crippen LogP contribution in [0, 0.1) is 11.8 Å². The second kappa shape index (κ2) is 6.95. The summed E-state index contributed by atoms with van der Waals surface area (Å²) in [7, 11) is -3.40. The minimum Gasteiger partial charge on any atom is -0.369 e. The summed E-state index contributed by atoms with van der Waals surface area (Å²) in [5, 5.41) is 0. The number of primary amides is 1. The van der Waals surface area contributed by atoms with Gasteiger partial charge in [0, 0.05) is 32.6 Å². The highest BCUT2D eigenvalue weighted by atomic mass is 32.2. The van der Waals surface area contributed by atoms with Gasteiger partial charge in [0.25, 0.3) is 0 Å². The number of carbonyl (C=O) groups is 2. The van der Waals surface area contributed by atoms with Crippen LogP contribution in [0.1, 0.15) is 32.1 Å². The summed E-state index contributed by atoms with van der Waals surface area (Å²) in [6, 6.07) is 0. The van der Waals surface area contributed by atoms with Gasteiger partial charge in [0.1, 0.15) is 0 Å². The molecule has 0 aromatic rings. The Bertz CT molecular complexity index is 528. The maximum Gasteiger partial charge on any atom is 0.223 e. The van der Waals surface area contributed by atoms with E-state index in [0.29, 0.717) is 18.9 Å². The van der Waals surface area contributed by atoms with Crippen LogP contribution in [0.15, 0.2) is 0 Å². The summed E-state index contributed by atoms with van der Waals surface area (Å²) >= 11 is 0. The Kier molecular flexibility index (Phi) is 5.44. The molecule has 2 aliphatic rings. The molecule has 0 aromatic carbocycles. The molecule has 0 radical (unpaired) electrons. The first-order valence-electron chi connectivity index (χ1n) is 7.79. The van der Waals surface area contributed by atoms with Gasteiger partial charge in [-0.3, -0.25) is 9.59 Å². The minimum absolute atomic E-state index is 0.00787. The average Bonchev–Trinajstić information content (AvgIpc) is 2.79. The highest BCUT2D eigenvalue weighted by Gasteiger charge is 2.33. The molecule has 2 N–H and O–H groups in total. The van der Waals surface area contributed by atoms with E-state index < -0.39 is 21.8 Å². The lowest BCUT2D eigenvalue weighted by atomic mass is 10.0. The van der Waals surface area contributed by atoms with Crippen LogP contribution in [0.2, 0.25) is 0 Å². The predicted molar refractivity (Wildman–Crippen MR) is 82.3 cm³/mol. The quantitative estimate of drug-likeness (QED) is 0.769. The fraction of sp³-hybridized carbons (Fsp3) is 0.857. The SMILES string of the molecule is CS(=O)(=O)N1CCN(C(=O)CC2CCCC2)C[C@@H](C(N)=O)C1. The van der Waals surface area contributed by atoms with Gasteiger partial charge in [-0.2, -0.15) is 4.31 Å². The second-order valence-electron chi connectivity index (χ2n) is 6.41. The van der Waals surface area contributed by atoms with E-state index in [9.17, 15) is 18.0 Å². The number of hydrogen-bond acceptors (Lipinski definition) is 4. The minimum atomic E-state index is -3.40. The van der Waals surface area contributed by atoms with Crippen molar-refractivity contribution in [3.8, 4) is 0 Å².